The smallest absolute Gasteiger partial charge is 0.167 e. The maximum atomic E-state index is 9.21. The number of hydrogen-bond acceptors (Lipinski definition) is 3. The Labute approximate surface area is 100 Å². The summed E-state index contributed by atoms with van der Waals surface area (Å²) in [6.07, 6.45) is 0. The summed E-state index contributed by atoms with van der Waals surface area (Å²) in [4.78, 5) is 0. The van der Waals surface area contributed by atoms with Gasteiger partial charge in [0.05, 0.1) is 13.7 Å². The van der Waals surface area contributed by atoms with Crippen LogP contribution in [0.4, 0.5) is 0 Å². The molecule has 0 atom stereocenters. The first kappa shape index (κ1) is 12.9. The topological polar surface area (TPSA) is 38.7 Å². The second-order valence-electron chi connectivity index (χ2n) is 3.50. The molecule has 0 aliphatic rings. The summed E-state index contributed by atoms with van der Waals surface area (Å²) >= 11 is 5.88. The third-order valence-electron chi connectivity index (χ3n) is 1.95. The third kappa shape index (κ3) is 3.15. The minimum absolute atomic E-state index is 0.150. The van der Waals surface area contributed by atoms with Crippen molar-refractivity contribution in [3.63, 3.8) is 0 Å². The van der Waals surface area contributed by atoms with Gasteiger partial charge >= 0.3 is 0 Å². The molecule has 88 valence electrons. The molecule has 1 N–H and O–H groups in total. The van der Waals surface area contributed by atoms with E-state index in [0.717, 1.165) is 5.57 Å². The molecule has 0 saturated carbocycles. The van der Waals surface area contributed by atoms with Gasteiger partial charge in [-0.3, -0.25) is 0 Å². The Morgan fingerprint density at radius 2 is 2.19 bits per heavy atom. The van der Waals surface area contributed by atoms with Gasteiger partial charge in [0, 0.05) is 16.7 Å². The first-order chi connectivity index (χ1) is 7.58. The number of hydrogen-bond donors (Lipinski definition) is 1. The first-order valence-electron chi connectivity index (χ1n) is 4.83. The molecule has 0 aromatic heterocycles. The van der Waals surface area contributed by atoms with Gasteiger partial charge in [0.25, 0.3) is 0 Å². The van der Waals surface area contributed by atoms with Crippen molar-refractivity contribution < 1.29 is 14.6 Å². The van der Waals surface area contributed by atoms with Crippen molar-refractivity contribution in [1.29, 1.82) is 0 Å². The highest BCUT2D eigenvalue weighted by molar-refractivity contribution is 6.30. The zero-order valence-corrected chi connectivity index (χ0v) is 10.2. The molecule has 0 aliphatic carbocycles. The predicted molar refractivity (Wildman–Crippen MR) is 64.2 cm³/mol. The Hall–Kier alpha value is -1.19. The maximum absolute atomic E-state index is 9.21. The quantitative estimate of drug-likeness (QED) is 0.807. The van der Waals surface area contributed by atoms with Crippen molar-refractivity contribution in [2.24, 2.45) is 0 Å². The summed E-state index contributed by atoms with van der Waals surface area (Å²) < 4.78 is 10.7. The van der Waals surface area contributed by atoms with E-state index in [1.165, 1.54) is 7.11 Å². The van der Waals surface area contributed by atoms with Crippen LogP contribution in [-0.2, 0) is 6.61 Å². The molecule has 0 unspecified atom stereocenters. The molecule has 0 fully saturated rings. The van der Waals surface area contributed by atoms with E-state index in [9.17, 15) is 5.11 Å². The second kappa shape index (κ2) is 5.77. The Balaban J connectivity index is 3.06. The van der Waals surface area contributed by atoms with Gasteiger partial charge in [-0.2, -0.15) is 0 Å². The number of benzene rings is 1. The molecule has 0 amide bonds. The van der Waals surface area contributed by atoms with Crippen LogP contribution in [0.2, 0.25) is 5.02 Å². The molecular weight excluding hydrogens is 228 g/mol. The van der Waals surface area contributed by atoms with Crippen LogP contribution in [0.5, 0.6) is 11.5 Å². The average Bonchev–Trinajstić information content (AvgIpc) is 2.25. The zero-order valence-electron chi connectivity index (χ0n) is 9.42. The number of halogens is 1. The first-order valence-corrected chi connectivity index (χ1v) is 5.20. The summed E-state index contributed by atoms with van der Waals surface area (Å²) in [5, 5.41) is 9.71. The lowest BCUT2D eigenvalue weighted by molar-refractivity contribution is 0.263. The van der Waals surface area contributed by atoms with Gasteiger partial charge in [0.15, 0.2) is 11.5 Å². The minimum Gasteiger partial charge on any atom is -0.493 e. The molecule has 0 radical (unpaired) electrons. The monoisotopic (exact) mass is 242 g/mol. The number of rotatable bonds is 5. The number of ether oxygens (including phenoxy) is 2. The number of aliphatic hydroxyl groups excluding tert-OH is 1. The molecule has 0 heterocycles. The van der Waals surface area contributed by atoms with Crippen molar-refractivity contribution in [2.45, 2.75) is 13.5 Å². The van der Waals surface area contributed by atoms with E-state index in [-0.39, 0.29) is 6.61 Å². The van der Waals surface area contributed by atoms with E-state index >= 15 is 0 Å². The molecule has 16 heavy (non-hydrogen) atoms. The minimum atomic E-state index is -0.150. The van der Waals surface area contributed by atoms with Gasteiger partial charge < -0.3 is 14.6 Å². The molecule has 0 aliphatic heterocycles. The lowest BCUT2D eigenvalue weighted by Crippen LogP contribution is -2.03. The van der Waals surface area contributed by atoms with Crippen LogP contribution in [0.15, 0.2) is 24.3 Å². The molecule has 0 spiro atoms. The predicted octanol–water partition coefficient (Wildman–Crippen LogP) is 2.80. The highest BCUT2D eigenvalue weighted by Gasteiger charge is 2.12. The van der Waals surface area contributed by atoms with Crippen LogP contribution in [-0.4, -0.2) is 18.8 Å². The zero-order chi connectivity index (χ0) is 12.1. The van der Waals surface area contributed by atoms with Gasteiger partial charge in [-0.25, -0.2) is 0 Å². The molecule has 1 aromatic rings. The van der Waals surface area contributed by atoms with E-state index < -0.39 is 0 Å². The standard InChI is InChI=1S/C12H15ClO3/c1-8(2)7-16-12-9(6-14)4-10(13)5-11(12)15-3/h4-5,14H,1,6-7H2,2-3H3. The lowest BCUT2D eigenvalue weighted by Gasteiger charge is -2.14. The molecule has 1 rings (SSSR count). The number of methoxy groups -OCH3 is 1. The molecule has 0 saturated heterocycles. The SMILES string of the molecule is C=C(C)COc1c(CO)cc(Cl)cc1OC. The van der Waals surface area contributed by atoms with Crippen LogP contribution in [0.25, 0.3) is 0 Å². The van der Waals surface area contributed by atoms with Crippen LogP contribution in [0, 0.1) is 0 Å². The lowest BCUT2D eigenvalue weighted by atomic mass is 10.2. The Kier molecular flexibility index (Phi) is 4.65. The Morgan fingerprint density at radius 1 is 1.50 bits per heavy atom. The second-order valence-corrected chi connectivity index (χ2v) is 3.94. The van der Waals surface area contributed by atoms with Crippen LogP contribution in [0.1, 0.15) is 12.5 Å². The molecule has 0 bridgehead atoms. The van der Waals surface area contributed by atoms with E-state index in [4.69, 9.17) is 21.1 Å². The van der Waals surface area contributed by atoms with Crippen LogP contribution < -0.4 is 9.47 Å². The maximum Gasteiger partial charge on any atom is 0.167 e. The van der Waals surface area contributed by atoms with Crippen LogP contribution >= 0.6 is 11.6 Å². The van der Waals surface area contributed by atoms with Gasteiger partial charge in [-0.15, -0.1) is 0 Å². The van der Waals surface area contributed by atoms with Crippen molar-refractivity contribution in [2.75, 3.05) is 13.7 Å². The number of aliphatic hydroxyl groups is 1. The van der Waals surface area contributed by atoms with Gasteiger partial charge in [-0.05, 0) is 18.6 Å². The molecular formula is C12H15ClO3. The summed E-state index contributed by atoms with van der Waals surface area (Å²) in [6, 6.07) is 3.30. The summed E-state index contributed by atoms with van der Waals surface area (Å²) in [5.74, 6) is 1.02. The highest BCUT2D eigenvalue weighted by atomic mass is 35.5. The van der Waals surface area contributed by atoms with Crippen molar-refractivity contribution in [3.05, 3.63) is 34.9 Å². The van der Waals surface area contributed by atoms with E-state index in [1.54, 1.807) is 12.1 Å². The Bertz CT molecular complexity index is 363. The molecule has 4 heteroatoms. The van der Waals surface area contributed by atoms with Crippen molar-refractivity contribution >= 4 is 11.6 Å². The van der Waals surface area contributed by atoms with Crippen molar-refractivity contribution in [1.82, 2.24) is 0 Å². The van der Waals surface area contributed by atoms with E-state index in [2.05, 4.69) is 6.58 Å². The molecule has 3 nitrogen and oxygen atoms in total. The average molecular weight is 243 g/mol. The summed E-state index contributed by atoms with van der Waals surface area (Å²) in [7, 11) is 1.53. The van der Waals surface area contributed by atoms with Gasteiger partial charge in [-0.1, -0.05) is 18.2 Å². The van der Waals surface area contributed by atoms with Gasteiger partial charge in [0.1, 0.15) is 6.61 Å². The normalized spacial score (nSPS) is 10.0. The van der Waals surface area contributed by atoms with Crippen LogP contribution in [0.3, 0.4) is 0 Å². The largest absolute Gasteiger partial charge is 0.493 e. The van der Waals surface area contributed by atoms with E-state index in [1.807, 2.05) is 6.92 Å². The Morgan fingerprint density at radius 3 is 2.69 bits per heavy atom. The fourth-order valence-corrected chi connectivity index (χ4v) is 1.48. The van der Waals surface area contributed by atoms with Gasteiger partial charge in [0.2, 0.25) is 0 Å². The third-order valence-corrected chi connectivity index (χ3v) is 2.17. The van der Waals surface area contributed by atoms with E-state index in [0.29, 0.717) is 28.7 Å². The summed E-state index contributed by atoms with van der Waals surface area (Å²) in [5.41, 5.74) is 1.49. The van der Waals surface area contributed by atoms with Crippen molar-refractivity contribution in [3.8, 4) is 11.5 Å². The molecule has 1 aromatic carbocycles. The summed E-state index contributed by atoms with van der Waals surface area (Å²) in [6.45, 7) is 5.84. The highest BCUT2D eigenvalue weighted by Crippen LogP contribution is 2.34. The fourth-order valence-electron chi connectivity index (χ4n) is 1.25. The fraction of sp³-hybridized carbons (Fsp3) is 0.333.